The molecule has 1 atom stereocenters. The lowest BCUT2D eigenvalue weighted by Gasteiger charge is -2.38. The molecular formula is C39H64. The van der Waals surface area contributed by atoms with E-state index in [1.807, 2.05) is 0 Å². The van der Waals surface area contributed by atoms with Gasteiger partial charge in [0.25, 0.3) is 0 Å². The largest absolute Gasteiger partial charge is 0.0654 e. The molecule has 0 heteroatoms. The predicted molar refractivity (Wildman–Crippen MR) is 176 cm³/mol. The Morgan fingerprint density at radius 1 is 0.487 bits per heavy atom. The fourth-order valence-electron chi connectivity index (χ4n) is 6.57. The van der Waals surface area contributed by atoms with Crippen LogP contribution < -0.4 is 0 Å². The van der Waals surface area contributed by atoms with E-state index < -0.39 is 0 Å². The van der Waals surface area contributed by atoms with Crippen LogP contribution in [0.1, 0.15) is 172 Å². The first kappa shape index (κ1) is 33.6. The van der Waals surface area contributed by atoms with Gasteiger partial charge in [0, 0.05) is 5.41 Å². The van der Waals surface area contributed by atoms with Crippen molar-refractivity contribution >= 4 is 0 Å². The molecule has 220 valence electrons. The first-order chi connectivity index (χ1) is 19.0. The number of hydrogen-bond acceptors (Lipinski definition) is 0. The van der Waals surface area contributed by atoms with Gasteiger partial charge < -0.3 is 0 Å². The van der Waals surface area contributed by atoms with E-state index in [1.165, 1.54) is 116 Å². The third kappa shape index (κ3) is 10.7. The molecule has 39 heavy (non-hydrogen) atoms. The molecule has 0 radical (unpaired) electrons. The van der Waals surface area contributed by atoms with Gasteiger partial charge in [0.2, 0.25) is 0 Å². The first-order valence-corrected chi connectivity index (χ1v) is 17.2. The third-order valence-corrected chi connectivity index (χ3v) is 9.09. The monoisotopic (exact) mass is 533 g/mol. The highest BCUT2D eigenvalue weighted by atomic mass is 14.4. The fraction of sp³-hybridized carbons (Fsp3) is 0.692. The van der Waals surface area contributed by atoms with Crippen molar-refractivity contribution in [3.63, 3.8) is 0 Å². The van der Waals surface area contributed by atoms with Gasteiger partial charge >= 0.3 is 0 Å². The van der Waals surface area contributed by atoms with Crippen LogP contribution in [-0.4, -0.2) is 0 Å². The molecule has 0 fully saturated rings. The highest BCUT2D eigenvalue weighted by Crippen LogP contribution is 2.44. The van der Waals surface area contributed by atoms with E-state index in [0.29, 0.717) is 0 Å². The third-order valence-electron chi connectivity index (χ3n) is 9.09. The van der Waals surface area contributed by atoms with Crippen LogP contribution in [0.25, 0.3) is 0 Å². The average Bonchev–Trinajstić information content (AvgIpc) is 2.95. The average molecular weight is 533 g/mol. The van der Waals surface area contributed by atoms with Gasteiger partial charge in [-0.15, -0.1) is 0 Å². The second-order valence-corrected chi connectivity index (χ2v) is 12.7. The lowest BCUT2D eigenvalue weighted by atomic mass is 9.65. The van der Waals surface area contributed by atoms with Gasteiger partial charge in [-0.25, -0.2) is 0 Å². The van der Waals surface area contributed by atoms with Gasteiger partial charge in [0.1, 0.15) is 0 Å². The Balaban J connectivity index is 2.72. The highest BCUT2D eigenvalue weighted by molar-refractivity contribution is 5.46. The molecule has 0 amide bonds. The van der Waals surface area contributed by atoms with Gasteiger partial charge in [-0.05, 0) is 104 Å². The molecular weight excluding hydrogens is 468 g/mol. The second-order valence-electron chi connectivity index (χ2n) is 12.7. The van der Waals surface area contributed by atoms with Crippen LogP contribution in [0.3, 0.4) is 0 Å². The van der Waals surface area contributed by atoms with Gasteiger partial charge in [-0.1, -0.05) is 136 Å². The van der Waals surface area contributed by atoms with Crippen LogP contribution in [0, 0.1) is 5.92 Å². The molecule has 0 bridgehead atoms. The predicted octanol–water partition coefficient (Wildman–Crippen LogP) is 12.4. The van der Waals surface area contributed by atoms with Crippen molar-refractivity contribution in [3.8, 4) is 0 Å². The van der Waals surface area contributed by atoms with Gasteiger partial charge in [-0.2, -0.15) is 0 Å². The van der Waals surface area contributed by atoms with Crippen LogP contribution in [0.4, 0.5) is 0 Å². The topological polar surface area (TPSA) is 0 Å². The first-order valence-electron chi connectivity index (χ1n) is 17.2. The zero-order chi connectivity index (χ0) is 28.5. The summed E-state index contributed by atoms with van der Waals surface area (Å²) in [5.41, 5.74) is 9.62. The normalized spacial score (nSPS) is 12.7. The van der Waals surface area contributed by atoms with E-state index in [4.69, 9.17) is 0 Å². The summed E-state index contributed by atoms with van der Waals surface area (Å²) in [6.45, 7) is 16.7. The minimum Gasteiger partial charge on any atom is -0.0654 e. The lowest BCUT2D eigenvalue weighted by molar-refractivity contribution is 0.345. The van der Waals surface area contributed by atoms with Crippen molar-refractivity contribution in [2.24, 2.45) is 5.92 Å². The quantitative estimate of drug-likeness (QED) is 0.140. The van der Waals surface area contributed by atoms with E-state index in [0.717, 1.165) is 5.92 Å². The smallest absolute Gasteiger partial charge is 0.0203 e. The Morgan fingerprint density at radius 2 is 0.846 bits per heavy atom. The Morgan fingerprint density at radius 3 is 1.15 bits per heavy atom. The molecule has 0 N–H and O–H groups in total. The molecule has 2 aromatic rings. The zero-order valence-electron chi connectivity index (χ0n) is 27.3. The minimum atomic E-state index is 0.0952. The lowest BCUT2D eigenvalue weighted by Crippen LogP contribution is -2.30. The number of unbranched alkanes of at least 4 members (excludes halogenated alkanes) is 6. The van der Waals surface area contributed by atoms with E-state index in [9.17, 15) is 0 Å². The van der Waals surface area contributed by atoms with E-state index in [-0.39, 0.29) is 5.41 Å². The molecule has 1 unspecified atom stereocenters. The van der Waals surface area contributed by atoms with Gasteiger partial charge in [-0.3, -0.25) is 0 Å². The van der Waals surface area contributed by atoms with Gasteiger partial charge in [0.15, 0.2) is 0 Å². The summed E-state index contributed by atoms with van der Waals surface area (Å²) in [7, 11) is 0. The van der Waals surface area contributed by atoms with E-state index >= 15 is 0 Å². The summed E-state index contributed by atoms with van der Waals surface area (Å²) in [5.74, 6) is 0.730. The number of aryl methyl sites for hydroxylation is 4. The Hall–Kier alpha value is -1.56. The molecule has 0 nitrogen and oxygen atoms in total. The molecule has 0 aliphatic rings. The molecule has 0 saturated carbocycles. The Labute approximate surface area is 244 Å². The Bertz CT molecular complexity index is 804. The number of benzene rings is 2. The summed E-state index contributed by atoms with van der Waals surface area (Å²) in [5, 5.41) is 0. The van der Waals surface area contributed by atoms with Crippen molar-refractivity contribution in [2.45, 2.75) is 169 Å². The summed E-state index contributed by atoms with van der Waals surface area (Å²) in [4.78, 5) is 0. The zero-order valence-corrected chi connectivity index (χ0v) is 27.3. The minimum absolute atomic E-state index is 0.0952. The standard InChI is InChI=1S/C39H64/c1-8-14-19-20-32(7)31-39(13-6,37-27-33(21-15-9-2)25-34(28-37)22-16-10-3)38-29-35(23-17-11-4)26-36(30-38)24-18-12-5/h25-30,32H,8-24,31H2,1-7H3. The maximum Gasteiger partial charge on any atom is 0.0203 e. The van der Waals surface area contributed by atoms with Crippen molar-refractivity contribution < 1.29 is 0 Å². The summed E-state index contributed by atoms with van der Waals surface area (Å²) in [6.07, 6.45) is 22.9. The van der Waals surface area contributed by atoms with Crippen molar-refractivity contribution in [2.75, 3.05) is 0 Å². The molecule has 0 aliphatic carbocycles. The Kier molecular flexibility index (Phi) is 16.2. The maximum atomic E-state index is 2.64. The van der Waals surface area contributed by atoms with E-state index in [2.05, 4.69) is 84.9 Å². The van der Waals surface area contributed by atoms with Gasteiger partial charge in [0.05, 0.1) is 0 Å². The van der Waals surface area contributed by atoms with Crippen LogP contribution in [0.5, 0.6) is 0 Å². The summed E-state index contributed by atoms with van der Waals surface area (Å²) in [6, 6.07) is 15.6. The highest BCUT2D eigenvalue weighted by Gasteiger charge is 2.35. The van der Waals surface area contributed by atoms with E-state index in [1.54, 1.807) is 33.4 Å². The van der Waals surface area contributed by atoms with Crippen LogP contribution in [-0.2, 0) is 31.1 Å². The molecule has 0 spiro atoms. The van der Waals surface area contributed by atoms with Crippen LogP contribution in [0.2, 0.25) is 0 Å². The molecule has 0 heterocycles. The SMILES string of the molecule is CCCCCC(C)CC(CC)(c1cc(CCCC)cc(CCCC)c1)c1cc(CCCC)cc(CCCC)c1. The fourth-order valence-corrected chi connectivity index (χ4v) is 6.57. The molecule has 0 aromatic heterocycles. The van der Waals surface area contributed by atoms with Crippen molar-refractivity contribution in [1.29, 1.82) is 0 Å². The van der Waals surface area contributed by atoms with Crippen LogP contribution in [0.15, 0.2) is 36.4 Å². The van der Waals surface area contributed by atoms with Crippen molar-refractivity contribution in [1.82, 2.24) is 0 Å². The second kappa shape index (κ2) is 18.7. The summed E-state index contributed by atoms with van der Waals surface area (Å²) >= 11 is 0. The molecule has 0 saturated heterocycles. The molecule has 0 aliphatic heterocycles. The number of hydrogen-bond donors (Lipinski definition) is 0. The number of rotatable bonds is 21. The van der Waals surface area contributed by atoms with Crippen molar-refractivity contribution in [3.05, 3.63) is 69.8 Å². The summed E-state index contributed by atoms with van der Waals surface area (Å²) < 4.78 is 0. The maximum absolute atomic E-state index is 2.64. The van der Waals surface area contributed by atoms with Crippen LogP contribution >= 0.6 is 0 Å². The molecule has 2 rings (SSSR count). The molecule has 2 aromatic carbocycles.